The molecule has 1 saturated carbocycles. The first kappa shape index (κ1) is 19.2. The van der Waals surface area contributed by atoms with Gasteiger partial charge in [0.05, 0.1) is 5.69 Å². The van der Waals surface area contributed by atoms with Gasteiger partial charge in [-0.25, -0.2) is 4.79 Å². The zero-order valence-electron chi connectivity index (χ0n) is 16.3. The van der Waals surface area contributed by atoms with E-state index in [0.29, 0.717) is 18.8 Å². The summed E-state index contributed by atoms with van der Waals surface area (Å²) in [5.74, 6) is -0.621. The van der Waals surface area contributed by atoms with Crippen LogP contribution >= 0.6 is 0 Å². The van der Waals surface area contributed by atoms with E-state index < -0.39 is 17.5 Å². The highest BCUT2D eigenvalue weighted by Gasteiger charge is 2.56. The molecule has 1 aliphatic heterocycles. The second kappa shape index (κ2) is 6.55. The summed E-state index contributed by atoms with van der Waals surface area (Å²) in [7, 11) is 0. The van der Waals surface area contributed by atoms with Crippen molar-refractivity contribution < 1.29 is 19.5 Å². The first-order valence-corrected chi connectivity index (χ1v) is 9.25. The van der Waals surface area contributed by atoms with Crippen LogP contribution in [0.2, 0.25) is 0 Å². The summed E-state index contributed by atoms with van der Waals surface area (Å²) in [6.45, 7) is 7.72. The predicted molar refractivity (Wildman–Crippen MR) is 101 cm³/mol. The lowest BCUT2D eigenvalue weighted by molar-refractivity contribution is -0.136. The topological polar surface area (TPSA) is 98.7 Å². The van der Waals surface area contributed by atoms with Gasteiger partial charge in [0.25, 0.3) is 5.91 Å². The maximum absolute atomic E-state index is 13.0. The summed E-state index contributed by atoms with van der Waals surface area (Å²) < 4.78 is 0. The minimum Gasteiger partial charge on any atom is -0.506 e. The van der Waals surface area contributed by atoms with Gasteiger partial charge >= 0.3 is 6.03 Å². The monoisotopic (exact) mass is 373 g/mol. The van der Waals surface area contributed by atoms with Crippen LogP contribution in [0.15, 0.2) is 18.2 Å². The van der Waals surface area contributed by atoms with E-state index in [1.807, 2.05) is 6.92 Å². The quantitative estimate of drug-likeness (QED) is 0.560. The Morgan fingerprint density at radius 3 is 2.67 bits per heavy atom. The number of phenols is 1. The molecule has 1 aromatic rings. The molecular formula is C20H27N3O4. The lowest BCUT2D eigenvalue weighted by Crippen LogP contribution is -2.54. The molecule has 1 aliphatic carbocycles. The van der Waals surface area contributed by atoms with Crippen LogP contribution in [0.5, 0.6) is 5.75 Å². The number of imide groups is 1. The molecule has 146 valence electrons. The summed E-state index contributed by atoms with van der Waals surface area (Å²) in [4.78, 5) is 38.8. The van der Waals surface area contributed by atoms with Crippen molar-refractivity contribution in [2.24, 2.45) is 11.3 Å². The Labute approximate surface area is 159 Å². The molecule has 7 nitrogen and oxygen atoms in total. The van der Waals surface area contributed by atoms with Gasteiger partial charge in [-0.3, -0.25) is 14.5 Å². The Kier molecular flexibility index (Phi) is 4.66. The van der Waals surface area contributed by atoms with Crippen LogP contribution in [0.4, 0.5) is 10.5 Å². The first-order chi connectivity index (χ1) is 12.5. The predicted octanol–water partition coefficient (Wildman–Crippen LogP) is 2.78. The first-order valence-electron chi connectivity index (χ1n) is 9.25. The van der Waals surface area contributed by atoms with Gasteiger partial charge in [-0.1, -0.05) is 26.8 Å². The van der Waals surface area contributed by atoms with Crippen LogP contribution in [0, 0.1) is 18.3 Å². The summed E-state index contributed by atoms with van der Waals surface area (Å²) in [5.41, 5.74) is 0.118. The number of carbonyl (C=O) groups is 3. The number of anilines is 1. The third-order valence-electron chi connectivity index (χ3n) is 5.35. The minimum atomic E-state index is -0.926. The fraction of sp³-hybridized carbons (Fsp3) is 0.550. The zero-order chi connectivity index (χ0) is 20.0. The molecule has 1 aromatic carbocycles. The number of urea groups is 1. The average Bonchev–Trinajstić information content (AvgIpc) is 2.72. The molecule has 3 N–H and O–H groups in total. The van der Waals surface area contributed by atoms with Crippen molar-refractivity contribution >= 4 is 23.5 Å². The van der Waals surface area contributed by atoms with Crippen molar-refractivity contribution in [2.75, 3.05) is 11.9 Å². The summed E-state index contributed by atoms with van der Waals surface area (Å²) in [5, 5.41) is 15.3. The van der Waals surface area contributed by atoms with E-state index in [9.17, 15) is 19.5 Å². The average molecular weight is 373 g/mol. The van der Waals surface area contributed by atoms with Crippen LogP contribution in [0.25, 0.3) is 0 Å². The second-order valence-corrected chi connectivity index (χ2v) is 8.83. The van der Waals surface area contributed by atoms with Gasteiger partial charge in [-0.15, -0.1) is 0 Å². The minimum absolute atomic E-state index is 0.0557. The molecule has 2 atom stereocenters. The van der Waals surface area contributed by atoms with E-state index in [0.717, 1.165) is 16.9 Å². The maximum Gasteiger partial charge on any atom is 0.325 e. The van der Waals surface area contributed by atoms with Gasteiger partial charge < -0.3 is 15.7 Å². The Morgan fingerprint density at radius 2 is 2.04 bits per heavy atom. The standard InChI is InChI=1S/C20H27N3O4/c1-12-5-6-14(15(24)7-12)21-16(25)10-23-17(26)20(22-18(23)27)9-13(2)8-19(3,4)11-20/h5-7,13,24H,8-11H2,1-4H3,(H,21,25)(H,22,27)/t13-,20-/m1/s1. The summed E-state index contributed by atoms with van der Waals surface area (Å²) >= 11 is 0. The zero-order valence-corrected chi connectivity index (χ0v) is 16.3. The smallest absolute Gasteiger partial charge is 0.325 e. The van der Waals surface area contributed by atoms with Gasteiger partial charge in [0.2, 0.25) is 5.91 Å². The van der Waals surface area contributed by atoms with E-state index in [2.05, 4.69) is 31.4 Å². The number of nitrogens with one attached hydrogen (secondary N) is 2. The summed E-state index contributed by atoms with van der Waals surface area (Å²) in [6, 6.07) is 4.34. The molecule has 0 unspecified atom stereocenters. The van der Waals surface area contributed by atoms with Gasteiger partial charge in [0, 0.05) is 0 Å². The molecule has 1 heterocycles. The fourth-order valence-electron chi connectivity index (χ4n) is 4.73. The van der Waals surface area contributed by atoms with Crippen molar-refractivity contribution in [3.8, 4) is 5.75 Å². The molecule has 4 amide bonds. The number of phenolic OH excluding ortho intramolecular Hbond substituents is 1. The molecule has 0 aromatic heterocycles. The van der Waals surface area contributed by atoms with Gasteiger partial charge in [0.15, 0.2) is 0 Å². The Bertz CT molecular complexity index is 804. The van der Waals surface area contributed by atoms with E-state index in [4.69, 9.17) is 0 Å². The van der Waals surface area contributed by atoms with Crippen LogP contribution in [0.3, 0.4) is 0 Å². The molecule has 3 rings (SSSR count). The van der Waals surface area contributed by atoms with E-state index in [1.165, 1.54) is 6.07 Å². The van der Waals surface area contributed by atoms with Crippen LogP contribution < -0.4 is 10.6 Å². The molecule has 2 fully saturated rings. The van der Waals surface area contributed by atoms with Crippen molar-refractivity contribution in [3.05, 3.63) is 23.8 Å². The van der Waals surface area contributed by atoms with Crippen molar-refractivity contribution in [1.29, 1.82) is 0 Å². The molecular weight excluding hydrogens is 346 g/mol. The van der Waals surface area contributed by atoms with Crippen molar-refractivity contribution in [2.45, 2.75) is 52.5 Å². The van der Waals surface area contributed by atoms with Crippen LogP contribution in [-0.4, -0.2) is 39.9 Å². The molecule has 1 spiro atoms. The Hall–Kier alpha value is -2.57. The third kappa shape index (κ3) is 3.77. The highest BCUT2D eigenvalue weighted by Crippen LogP contribution is 2.46. The molecule has 2 aliphatic rings. The van der Waals surface area contributed by atoms with Gasteiger partial charge in [0.1, 0.15) is 17.8 Å². The van der Waals surface area contributed by atoms with E-state index >= 15 is 0 Å². The number of aryl methyl sites for hydroxylation is 1. The lowest BCUT2D eigenvalue weighted by atomic mass is 9.64. The van der Waals surface area contributed by atoms with E-state index in [-0.39, 0.29) is 29.3 Å². The SMILES string of the molecule is Cc1ccc(NC(=O)CN2C(=O)N[C@@]3(C[C@H](C)CC(C)(C)C3)C2=O)c(O)c1. The third-order valence-corrected chi connectivity index (χ3v) is 5.35. The molecule has 1 saturated heterocycles. The number of aromatic hydroxyl groups is 1. The largest absolute Gasteiger partial charge is 0.506 e. The molecule has 7 heteroatoms. The Morgan fingerprint density at radius 1 is 1.33 bits per heavy atom. The van der Waals surface area contributed by atoms with Gasteiger partial charge in [-0.05, 0) is 55.2 Å². The maximum atomic E-state index is 13.0. The number of carbonyl (C=O) groups excluding carboxylic acids is 3. The Balaban J connectivity index is 1.73. The number of hydrogen-bond acceptors (Lipinski definition) is 4. The van der Waals surface area contributed by atoms with Crippen molar-refractivity contribution in [3.63, 3.8) is 0 Å². The van der Waals surface area contributed by atoms with Crippen molar-refractivity contribution in [1.82, 2.24) is 10.2 Å². The summed E-state index contributed by atoms with van der Waals surface area (Å²) in [6.07, 6.45) is 2.13. The van der Waals surface area contributed by atoms with Gasteiger partial charge in [-0.2, -0.15) is 0 Å². The van der Waals surface area contributed by atoms with E-state index in [1.54, 1.807) is 12.1 Å². The molecule has 0 bridgehead atoms. The van der Waals surface area contributed by atoms with Crippen LogP contribution in [0.1, 0.15) is 45.6 Å². The molecule has 0 radical (unpaired) electrons. The lowest BCUT2D eigenvalue weighted by Gasteiger charge is -2.43. The second-order valence-electron chi connectivity index (χ2n) is 8.83. The highest BCUT2D eigenvalue weighted by molar-refractivity contribution is 6.10. The number of benzene rings is 1. The number of rotatable bonds is 3. The normalized spacial score (nSPS) is 27.0. The number of hydrogen-bond donors (Lipinski definition) is 3. The number of amides is 4. The number of nitrogens with zero attached hydrogens (tertiary/aromatic N) is 1. The fourth-order valence-corrected chi connectivity index (χ4v) is 4.73. The van der Waals surface area contributed by atoms with Crippen LogP contribution in [-0.2, 0) is 9.59 Å². The molecule has 27 heavy (non-hydrogen) atoms. The highest BCUT2D eigenvalue weighted by atomic mass is 16.3.